The second-order valence-electron chi connectivity index (χ2n) is 15.2. The molecule has 4 heterocycles. The molecule has 0 fully saturated rings. The summed E-state index contributed by atoms with van der Waals surface area (Å²) in [5, 5.41) is 9.86. The molecular weight excluding hydrogens is 725 g/mol. The van der Waals surface area contributed by atoms with Crippen LogP contribution >= 0.6 is 11.3 Å². The smallest absolute Gasteiger partial charge is 0.160 e. The van der Waals surface area contributed by atoms with Gasteiger partial charge in [0.2, 0.25) is 0 Å². The summed E-state index contributed by atoms with van der Waals surface area (Å²) < 4.78 is 14.0. The van der Waals surface area contributed by atoms with Gasteiger partial charge in [-0.2, -0.15) is 0 Å². The van der Waals surface area contributed by atoms with Crippen LogP contribution in [0.2, 0.25) is 0 Å². The molecule has 0 saturated carbocycles. The van der Waals surface area contributed by atoms with Gasteiger partial charge in [0.05, 0.1) is 22.1 Å². The van der Waals surface area contributed by atoms with Crippen LogP contribution in [0.15, 0.2) is 199 Å². The van der Waals surface area contributed by atoms with E-state index >= 15 is 0 Å². The Balaban J connectivity index is 0.893. The first-order valence-electron chi connectivity index (χ1n) is 19.8. The fourth-order valence-electron chi connectivity index (χ4n) is 9.50. The Morgan fingerprint density at radius 2 is 0.931 bits per heavy atom. The lowest BCUT2D eigenvalue weighted by Gasteiger charge is -2.11. The molecule has 0 amide bonds. The number of furan rings is 1. The van der Waals surface area contributed by atoms with Crippen molar-refractivity contribution in [2.45, 2.75) is 0 Å². The second-order valence-corrected chi connectivity index (χ2v) is 16.3. The first kappa shape index (κ1) is 31.8. The van der Waals surface area contributed by atoms with Crippen molar-refractivity contribution in [1.82, 2.24) is 9.13 Å². The van der Waals surface area contributed by atoms with Crippen molar-refractivity contribution in [2.24, 2.45) is 0 Å². The van der Waals surface area contributed by atoms with E-state index in [2.05, 4.69) is 197 Å². The minimum absolute atomic E-state index is 0.909. The van der Waals surface area contributed by atoms with Gasteiger partial charge < -0.3 is 13.6 Å². The summed E-state index contributed by atoms with van der Waals surface area (Å²) >= 11 is 1.88. The number of hydrogen-bond donors (Lipinski definition) is 0. The second kappa shape index (κ2) is 12.1. The molecule has 0 spiro atoms. The highest BCUT2D eigenvalue weighted by molar-refractivity contribution is 7.26. The van der Waals surface area contributed by atoms with Gasteiger partial charge in [-0.3, -0.25) is 0 Å². The number of fused-ring (bicyclic) bond motifs is 13. The number of nitrogens with zero attached hydrogens (tertiary/aromatic N) is 2. The summed E-state index contributed by atoms with van der Waals surface area (Å²) in [5.41, 5.74) is 13.6. The molecule has 0 unspecified atom stereocenters. The fraction of sp³-hybridized carbons (Fsp3) is 0. The molecule has 0 saturated heterocycles. The predicted molar refractivity (Wildman–Crippen MR) is 246 cm³/mol. The third-order valence-electron chi connectivity index (χ3n) is 12.2. The number of aromatic nitrogens is 2. The summed E-state index contributed by atoms with van der Waals surface area (Å²) in [4.78, 5) is 0. The van der Waals surface area contributed by atoms with Gasteiger partial charge in [0, 0.05) is 63.9 Å². The van der Waals surface area contributed by atoms with E-state index in [4.69, 9.17) is 4.42 Å². The maximum Gasteiger partial charge on any atom is 0.160 e. The number of benzene rings is 9. The van der Waals surface area contributed by atoms with Crippen molar-refractivity contribution in [3.63, 3.8) is 0 Å². The minimum atomic E-state index is 0.909. The van der Waals surface area contributed by atoms with E-state index in [0.717, 1.165) is 44.3 Å². The van der Waals surface area contributed by atoms with Crippen LogP contribution in [0.4, 0.5) is 0 Å². The van der Waals surface area contributed by atoms with E-state index in [0.29, 0.717) is 0 Å². The van der Waals surface area contributed by atoms with E-state index in [9.17, 15) is 0 Å². The average molecular weight is 757 g/mol. The molecule has 0 N–H and O–H groups in total. The molecule has 270 valence electrons. The quantitative estimate of drug-likeness (QED) is 0.175. The molecule has 0 aliphatic rings. The van der Waals surface area contributed by atoms with E-state index in [-0.39, 0.29) is 0 Å². The number of rotatable bonds is 4. The SMILES string of the molecule is c1ccc2c(c1)oc1c2ccc2c3ccccc3n(-c3ccc(-c4ccc(-n5c6ccccc6c6cc(-c7cccc8c7sc7ccccc78)ccc65)cc4)cc3)c21. The number of para-hydroxylation sites is 3. The molecule has 0 radical (unpaired) electrons. The van der Waals surface area contributed by atoms with Gasteiger partial charge in [-0.25, -0.2) is 0 Å². The van der Waals surface area contributed by atoms with E-state index in [1.54, 1.807) is 0 Å². The van der Waals surface area contributed by atoms with Crippen LogP contribution in [0.5, 0.6) is 0 Å². The Morgan fingerprint density at radius 1 is 0.362 bits per heavy atom. The molecule has 4 aromatic heterocycles. The van der Waals surface area contributed by atoms with Crippen molar-refractivity contribution in [3.05, 3.63) is 194 Å². The number of hydrogen-bond acceptors (Lipinski definition) is 2. The molecule has 0 aliphatic heterocycles. The number of thiophene rings is 1. The van der Waals surface area contributed by atoms with Crippen molar-refractivity contribution in [3.8, 4) is 33.6 Å². The van der Waals surface area contributed by atoms with Crippen molar-refractivity contribution < 1.29 is 4.42 Å². The molecule has 13 rings (SSSR count). The van der Waals surface area contributed by atoms with Crippen LogP contribution in [-0.2, 0) is 0 Å². The maximum absolute atomic E-state index is 6.58. The highest BCUT2D eigenvalue weighted by Gasteiger charge is 2.20. The maximum atomic E-state index is 6.58. The van der Waals surface area contributed by atoms with Crippen molar-refractivity contribution in [1.29, 1.82) is 0 Å². The molecule has 9 aromatic carbocycles. The standard InChI is InChI=1S/C54H32N2OS/c1-6-17-48-39(10-1)43-29-30-44-41-12-3-7-18-50(41)57-53(44)52(43)56(48)37-27-22-34(23-28-37)33-20-25-36(26-21-33)55-47-16-5-2-11-40(47)46-32-35(24-31-49(46)55)38-14-9-15-45-42-13-4-8-19-51(42)58-54(38)45/h1-32H. The lowest BCUT2D eigenvalue weighted by atomic mass is 10.0. The van der Waals surface area contributed by atoms with Crippen LogP contribution in [0.1, 0.15) is 0 Å². The summed E-state index contributed by atoms with van der Waals surface area (Å²) in [7, 11) is 0. The zero-order valence-electron chi connectivity index (χ0n) is 31.2. The van der Waals surface area contributed by atoms with E-state index < -0.39 is 0 Å². The van der Waals surface area contributed by atoms with Crippen LogP contribution in [0, 0.1) is 0 Å². The zero-order chi connectivity index (χ0) is 37.9. The van der Waals surface area contributed by atoms with Crippen LogP contribution in [-0.4, -0.2) is 9.13 Å². The minimum Gasteiger partial charge on any atom is -0.454 e. The molecule has 3 nitrogen and oxygen atoms in total. The normalized spacial score (nSPS) is 12.1. The molecule has 58 heavy (non-hydrogen) atoms. The highest BCUT2D eigenvalue weighted by atomic mass is 32.1. The first-order chi connectivity index (χ1) is 28.8. The van der Waals surface area contributed by atoms with Gasteiger partial charge in [-0.1, -0.05) is 127 Å². The monoisotopic (exact) mass is 756 g/mol. The third kappa shape index (κ3) is 4.49. The van der Waals surface area contributed by atoms with E-state index in [1.165, 1.54) is 75.0 Å². The van der Waals surface area contributed by atoms with Crippen LogP contribution in [0.25, 0.3) is 119 Å². The Morgan fingerprint density at radius 3 is 1.71 bits per heavy atom. The van der Waals surface area contributed by atoms with Gasteiger partial charge in [0.25, 0.3) is 0 Å². The average Bonchev–Trinajstić information content (AvgIpc) is 4.04. The van der Waals surface area contributed by atoms with Crippen molar-refractivity contribution in [2.75, 3.05) is 0 Å². The lowest BCUT2D eigenvalue weighted by Crippen LogP contribution is -1.95. The Kier molecular flexibility index (Phi) is 6.60. The van der Waals surface area contributed by atoms with Gasteiger partial charge >= 0.3 is 0 Å². The third-order valence-corrected chi connectivity index (χ3v) is 13.4. The van der Waals surface area contributed by atoms with Gasteiger partial charge in [0.1, 0.15) is 5.58 Å². The van der Waals surface area contributed by atoms with Crippen LogP contribution < -0.4 is 0 Å². The summed E-state index contributed by atoms with van der Waals surface area (Å²) in [6.07, 6.45) is 0. The van der Waals surface area contributed by atoms with E-state index in [1.807, 2.05) is 17.4 Å². The topological polar surface area (TPSA) is 23.0 Å². The summed E-state index contributed by atoms with van der Waals surface area (Å²) in [6.45, 7) is 0. The fourth-order valence-corrected chi connectivity index (χ4v) is 10.7. The van der Waals surface area contributed by atoms with Gasteiger partial charge in [0.15, 0.2) is 5.58 Å². The first-order valence-corrected chi connectivity index (χ1v) is 20.6. The van der Waals surface area contributed by atoms with Gasteiger partial charge in [-0.15, -0.1) is 11.3 Å². The lowest BCUT2D eigenvalue weighted by molar-refractivity contribution is 0.671. The highest BCUT2D eigenvalue weighted by Crippen LogP contribution is 2.43. The Bertz CT molecular complexity index is 3780. The molecule has 13 aromatic rings. The van der Waals surface area contributed by atoms with Crippen molar-refractivity contribution >= 4 is 97.1 Å². The molecule has 4 heteroatoms. The van der Waals surface area contributed by atoms with Crippen LogP contribution in [0.3, 0.4) is 0 Å². The Hall–Kier alpha value is -7.40. The zero-order valence-corrected chi connectivity index (χ0v) is 32.0. The largest absolute Gasteiger partial charge is 0.454 e. The molecule has 0 atom stereocenters. The summed E-state index contributed by atoms with van der Waals surface area (Å²) in [5.74, 6) is 0. The summed E-state index contributed by atoms with van der Waals surface area (Å²) in [6, 6.07) is 70.6. The molecule has 0 bridgehead atoms. The predicted octanol–water partition coefficient (Wildman–Crippen LogP) is 15.5. The van der Waals surface area contributed by atoms with Gasteiger partial charge in [-0.05, 0) is 89.0 Å². The molecular formula is C54H32N2OS. The molecule has 0 aliphatic carbocycles. The Labute approximate surface area is 336 Å².